The molecule has 0 N–H and O–H groups in total. The average molecular weight is 165 g/mol. The number of nitrogens with zero attached hydrogens (tertiary/aromatic N) is 1. The van der Waals surface area contributed by atoms with E-state index in [0.29, 0.717) is 0 Å². The Hall–Kier alpha value is -0.480. The Morgan fingerprint density at radius 1 is 1.25 bits per heavy atom. The van der Waals surface area contributed by atoms with Gasteiger partial charge in [-0.1, -0.05) is 5.92 Å². The lowest BCUT2D eigenvalue weighted by Gasteiger charge is -2.49. The van der Waals surface area contributed by atoms with Crippen LogP contribution in [0.15, 0.2) is 0 Å². The van der Waals surface area contributed by atoms with Crippen LogP contribution in [-0.4, -0.2) is 23.0 Å². The van der Waals surface area contributed by atoms with E-state index in [1.54, 1.807) is 0 Å². The highest BCUT2D eigenvalue weighted by molar-refractivity contribution is 5.15. The predicted octanol–water partition coefficient (Wildman–Crippen LogP) is 2.27. The highest BCUT2D eigenvalue weighted by Crippen LogP contribution is 2.36. The molecule has 0 radical (unpaired) electrons. The molecule has 1 nitrogen and oxygen atoms in total. The SMILES string of the molecule is C#CC1(C)CCCC(C)(C)N1C. The van der Waals surface area contributed by atoms with Gasteiger partial charge in [0, 0.05) is 5.54 Å². The Morgan fingerprint density at radius 2 is 1.83 bits per heavy atom. The number of hydrogen-bond acceptors (Lipinski definition) is 1. The van der Waals surface area contributed by atoms with Crippen molar-refractivity contribution in [3.63, 3.8) is 0 Å². The van der Waals surface area contributed by atoms with Gasteiger partial charge in [0.25, 0.3) is 0 Å². The Bertz CT molecular complexity index is 212. The Kier molecular flexibility index (Phi) is 2.23. The smallest absolute Gasteiger partial charge is 0.0796 e. The fourth-order valence-corrected chi connectivity index (χ4v) is 2.04. The summed E-state index contributed by atoms with van der Waals surface area (Å²) in [5, 5.41) is 0. The molecule has 1 heteroatoms. The van der Waals surface area contributed by atoms with Gasteiger partial charge >= 0.3 is 0 Å². The molecular weight excluding hydrogens is 146 g/mol. The zero-order valence-corrected chi connectivity index (χ0v) is 8.65. The molecule has 1 aliphatic heterocycles. The van der Waals surface area contributed by atoms with Gasteiger partial charge in [0.15, 0.2) is 0 Å². The summed E-state index contributed by atoms with van der Waals surface area (Å²) in [6.07, 6.45) is 9.18. The van der Waals surface area contributed by atoms with E-state index in [9.17, 15) is 0 Å². The topological polar surface area (TPSA) is 3.24 Å². The van der Waals surface area contributed by atoms with E-state index in [-0.39, 0.29) is 11.1 Å². The summed E-state index contributed by atoms with van der Waals surface area (Å²) in [7, 11) is 2.14. The maximum absolute atomic E-state index is 5.56. The first-order valence-corrected chi connectivity index (χ1v) is 4.64. The first-order valence-electron chi connectivity index (χ1n) is 4.64. The van der Waals surface area contributed by atoms with Crippen molar-refractivity contribution in [1.29, 1.82) is 0 Å². The van der Waals surface area contributed by atoms with E-state index in [1.807, 2.05) is 0 Å². The van der Waals surface area contributed by atoms with Crippen LogP contribution in [0.25, 0.3) is 0 Å². The highest BCUT2D eigenvalue weighted by atomic mass is 15.2. The minimum atomic E-state index is -0.0260. The molecule has 0 aliphatic carbocycles. The number of piperidine rings is 1. The normalized spacial score (nSPS) is 35.9. The van der Waals surface area contributed by atoms with Gasteiger partial charge < -0.3 is 0 Å². The highest BCUT2D eigenvalue weighted by Gasteiger charge is 2.40. The second kappa shape index (κ2) is 2.78. The maximum Gasteiger partial charge on any atom is 0.0796 e. The third-order valence-corrected chi connectivity index (χ3v) is 3.41. The number of rotatable bonds is 0. The molecule has 0 spiro atoms. The van der Waals surface area contributed by atoms with Crippen LogP contribution in [0.2, 0.25) is 0 Å². The third kappa shape index (κ3) is 1.36. The summed E-state index contributed by atoms with van der Waals surface area (Å²) >= 11 is 0. The fraction of sp³-hybridized carbons (Fsp3) is 0.818. The predicted molar refractivity (Wildman–Crippen MR) is 52.9 cm³/mol. The molecule has 0 bridgehead atoms. The molecule has 68 valence electrons. The zero-order chi connectivity index (χ0) is 9.41. The van der Waals surface area contributed by atoms with Crippen molar-refractivity contribution >= 4 is 0 Å². The van der Waals surface area contributed by atoms with Crippen molar-refractivity contribution < 1.29 is 0 Å². The molecule has 1 unspecified atom stereocenters. The first-order chi connectivity index (χ1) is 5.42. The van der Waals surface area contributed by atoms with E-state index in [4.69, 9.17) is 6.42 Å². The summed E-state index contributed by atoms with van der Waals surface area (Å²) in [4.78, 5) is 2.34. The largest absolute Gasteiger partial charge is 0.285 e. The Labute approximate surface area is 76.1 Å². The van der Waals surface area contributed by atoms with Crippen LogP contribution in [0.3, 0.4) is 0 Å². The maximum atomic E-state index is 5.56. The summed E-state index contributed by atoms with van der Waals surface area (Å²) in [6, 6.07) is 0. The van der Waals surface area contributed by atoms with Crippen molar-refractivity contribution in [2.75, 3.05) is 7.05 Å². The van der Waals surface area contributed by atoms with Gasteiger partial charge in [0.05, 0.1) is 5.54 Å². The fourth-order valence-electron chi connectivity index (χ4n) is 2.04. The van der Waals surface area contributed by atoms with Crippen LogP contribution in [-0.2, 0) is 0 Å². The van der Waals surface area contributed by atoms with Gasteiger partial charge in [-0.2, -0.15) is 0 Å². The summed E-state index contributed by atoms with van der Waals surface area (Å²) in [5.41, 5.74) is 0.237. The molecule has 1 fully saturated rings. The van der Waals surface area contributed by atoms with E-state index in [2.05, 4.69) is 38.6 Å². The quantitative estimate of drug-likeness (QED) is 0.498. The van der Waals surface area contributed by atoms with E-state index >= 15 is 0 Å². The lowest BCUT2D eigenvalue weighted by atomic mass is 9.80. The molecule has 0 amide bonds. The van der Waals surface area contributed by atoms with E-state index < -0.39 is 0 Å². The molecule has 0 saturated carbocycles. The molecule has 0 aromatic rings. The minimum Gasteiger partial charge on any atom is -0.285 e. The van der Waals surface area contributed by atoms with Gasteiger partial charge in [-0.3, -0.25) is 4.90 Å². The van der Waals surface area contributed by atoms with Crippen molar-refractivity contribution in [2.45, 2.75) is 51.1 Å². The Balaban J connectivity index is 2.89. The second-order valence-electron chi connectivity index (χ2n) is 4.64. The minimum absolute atomic E-state index is 0.0260. The van der Waals surface area contributed by atoms with E-state index in [0.717, 1.165) is 6.42 Å². The van der Waals surface area contributed by atoms with Gasteiger partial charge in [-0.15, -0.1) is 6.42 Å². The van der Waals surface area contributed by atoms with Gasteiger partial charge in [-0.05, 0) is 47.1 Å². The molecular formula is C11H19N. The van der Waals surface area contributed by atoms with Crippen molar-refractivity contribution in [3.8, 4) is 12.3 Å². The molecule has 1 saturated heterocycles. The standard InChI is InChI=1S/C11H19N/c1-6-11(4)9-7-8-10(2,3)12(11)5/h1H,7-9H2,2-5H3. The van der Waals surface area contributed by atoms with Crippen LogP contribution in [0, 0.1) is 12.3 Å². The molecule has 0 aromatic carbocycles. The third-order valence-electron chi connectivity index (χ3n) is 3.41. The summed E-state index contributed by atoms with van der Waals surface area (Å²) in [5.74, 6) is 2.91. The lowest BCUT2D eigenvalue weighted by Crippen LogP contribution is -2.57. The van der Waals surface area contributed by atoms with Crippen LogP contribution < -0.4 is 0 Å². The number of likely N-dealkylation sites (tertiary alicyclic amines) is 1. The van der Waals surface area contributed by atoms with Crippen molar-refractivity contribution in [2.24, 2.45) is 0 Å². The summed E-state index contributed by atoms with van der Waals surface area (Å²) in [6.45, 7) is 6.69. The molecule has 1 heterocycles. The number of hydrogen-bond donors (Lipinski definition) is 0. The number of terminal acetylenes is 1. The molecule has 1 aliphatic rings. The van der Waals surface area contributed by atoms with Gasteiger partial charge in [0.2, 0.25) is 0 Å². The molecule has 1 rings (SSSR count). The van der Waals surface area contributed by atoms with Crippen molar-refractivity contribution in [1.82, 2.24) is 4.90 Å². The zero-order valence-electron chi connectivity index (χ0n) is 8.65. The van der Waals surface area contributed by atoms with E-state index in [1.165, 1.54) is 12.8 Å². The van der Waals surface area contributed by atoms with Gasteiger partial charge in [0.1, 0.15) is 0 Å². The Morgan fingerprint density at radius 3 is 2.25 bits per heavy atom. The van der Waals surface area contributed by atoms with Crippen LogP contribution in [0.5, 0.6) is 0 Å². The van der Waals surface area contributed by atoms with Gasteiger partial charge in [-0.25, -0.2) is 0 Å². The van der Waals surface area contributed by atoms with Crippen LogP contribution in [0.1, 0.15) is 40.0 Å². The molecule has 0 aromatic heterocycles. The van der Waals surface area contributed by atoms with Crippen LogP contribution in [0.4, 0.5) is 0 Å². The monoisotopic (exact) mass is 165 g/mol. The summed E-state index contributed by atoms with van der Waals surface area (Å²) < 4.78 is 0. The lowest BCUT2D eigenvalue weighted by molar-refractivity contribution is 0.0213. The first kappa shape index (κ1) is 9.61. The molecule has 1 atom stereocenters. The van der Waals surface area contributed by atoms with Crippen LogP contribution >= 0.6 is 0 Å². The second-order valence-corrected chi connectivity index (χ2v) is 4.64. The van der Waals surface area contributed by atoms with Crippen molar-refractivity contribution in [3.05, 3.63) is 0 Å². The molecule has 12 heavy (non-hydrogen) atoms. The average Bonchev–Trinajstić information content (AvgIpc) is 2.00.